The van der Waals surface area contributed by atoms with E-state index in [2.05, 4.69) is 15.4 Å². The standard InChI is InChI=1S/C10H15N5O/c1-4-10(16)8-5-15(13-11-8)9-6-14(3)12-7(9)2/h5-6,10,16H,4H2,1-3H3. The maximum absolute atomic E-state index is 9.63. The molecule has 0 bridgehead atoms. The van der Waals surface area contributed by atoms with E-state index in [0.717, 1.165) is 11.4 Å². The number of rotatable bonds is 3. The lowest BCUT2D eigenvalue weighted by atomic mass is 10.2. The highest BCUT2D eigenvalue weighted by molar-refractivity contribution is 5.32. The summed E-state index contributed by atoms with van der Waals surface area (Å²) >= 11 is 0. The van der Waals surface area contributed by atoms with Crippen molar-refractivity contribution in [2.24, 2.45) is 7.05 Å². The van der Waals surface area contributed by atoms with Crippen LogP contribution in [0.2, 0.25) is 0 Å². The Kier molecular flexibility index (Phi) is 2.74. The zero-order valence-electron chi connectivity index (χ0n) is 9.62. The van der Waals surface area contributed by atoms with Gasteiger partial charge in [-0.1, -0.05) is 12.1 Å². The summed E-state index contributed by atoms with van der Waals surface area (Å²) in [5.74, 6) is 0. The van der Waals surface area contributed by atoms with Gasteiger partial charge in [-0.05, 0) is 13.3 Å². The van der Waals surface area contributed by atoms with E-state index in [0.29, 0.717) is 12.1 Å². The number of aliphatic hydroxyl groups is 1. The molecule has 0 aliphatic rings. The van der Waals surface area contributed by atoms with Gasteiger partial charge in [0.15, 0.2) is 0 Å². The molecule has 86 valence electrons. The van der Waals surface area contributed by atoms with Crippen molar-refractivity contribution in [3.05, 3.63) is 23.8 Å². The lowest BCUT2D eigenvalue weighted by Crippen LogP contribution is -1.95. The third kappa shape index (κ3) is 1.83. The van der Waals surface area contributed by atoms with Gasteiger partial charge >= 0.3 is 0 Å². The molecule has 1 unspecified atom stereocenters. The lowest BCUT2D eigenvalue weighted by Gasteiger charge is -2.00. The summed E-state index contributed by atoms with van der Waals surface area (Å²) in [6, 6.07) is 0. The number of nitrogens with zero attached hydrogens (tertiary/aromatic N) is 5. The fourth-order valence-corrected chi connectivity index (χ4v) is 1.57. The molecule has 0 aliphatic carbocycles. The highest BCUT2D eigenvalue weighted by Gasteiger charge is 2.12. The molecule has 0 fully saturated rings. The first kappa shape index (κ1) is 10.8. The largest absolute Gasteiger partial charge is 0.387 e. The third-order valence-electron chi connectivity index (χ3n) is 2.47. The number of aryl methyl sites for hydroxylation is 2. The second-order valence-electron chi connectivity index (χ2n) is 3.79. The molecule has 0 radical (unpaired) electrons. The molecule has 0 aromatic carbocycles. The average molecular weight is 221 g/mol. The van der Waals surface area contributed by atoms with Crippen LogP contribution in [-0.2, 0) is 7.05 Å². The Bertz CT molecular complexity index is 487. The Morgan fingerprint density at radius 3 is 2.75 bits per heavy atom. The number of aliphatic hydroxyl groups excluding tert-OH is 1. The van der Waals surface area contributed by atoms with Crippen LogP contribution in [0.5, 0.6) is 0 Å². The van der Waals surface area contributed by atoms with Crippen molar-refractivity contribution >= 4 is 0 Å². The van der Waals surface area contributed by atoms with Gasteiger partial charge in [-0.25, -0.2) is 4.68 Å². The Morgan fingerprint density at radius 2 is 2.19 bits per heavy atom. The molecule has 0 amide bonds. The maximum Gasteiger partial charge on any atom is 0.112 e. The van der Waals surface area contributed by atoms with Crippen LogP contribution in [0.15, 0.2) is 12.4 Å². The van der Waals surface area contributed by atoms with Crippen LogP contribution in [0.25, 0.3) is 5.69 Å². The van der Waals surface area contributed by atoms with Gasteiger partial charge in [-0.3, -0.25) is 4.68 Å². The molecule has 1 atom stereocenters. The van der Waals surface area contributed by atoms with Crippen molar-refractivity contribution in [1.82, 2.24) is 24.8 Å². The van der Waals surface area contributed by atoms with Crippen molar-refractivity contribution in [3.8, 4) is 5.69 Å². The SMILES string of the molecule is CCC(O)c1cn(-c2cn(C)nc2C)nn1. The zero-order chi connectivity index (χ0) is 11.7. The lowest BCUT2D eigenvalue weighted by molar-refractivity contribution is 0.169. The Labute approximate surface area is 93.5 Å². The normalized spacial score (nSPS) is 13.0. The Morgan fingerprint density at radius 1 is 1.44 bits per heavy atom. The zero-order valence-corrected chi connectivity index (χ0v) is 9.62. The molecule has 6 heteroatoms. The van der Waals surface area contributed by atoms with Crippen LogP contribution in [0.1, 0.15) is 30.8 Å². The Hall–Kier alpha value is -1.69. The summed E-state index contributed by atoms with van der Waals surface area (Å²) in [5.41, 5.74) is 2.35. The molecular formula is C10H15N5O. The van der Waals surface area contributed by atoms with E-state index in [1.165, 1.54) is 0 Å². The van der Waals surface area contributed by atoms with Gasteiger partial charge < -0.3 is 5.11 Å². The van der Waals surface area contributed by atoms with E-state index >= 15 is 0 Å². The molecule has 16 heavy (non-hydrogen) atoms. The molecule has 2 aromatic rings. The van der Waals surface area contributed by atoms with Crippen LogP contribution >= 0.6 is 0 Å². The monoisotopic (exact) mass is 221 g/mol. The summed E-state index contributed by atoms with van der Waals surface area (Å²) in [4.78, 5) is 0. The van der Waals surface area contributed by atoms with E-state index in [1.807, 2.05) is 27.1 Å². The molecule has 0 saturated heterocycles. The van der Waals surface area contributed by atoms with Crippen LogP contribution in [0.3, 0.4) is 0 Å². The van der Waals surface area contributed by atoms with Gasteiger partial charge in [-0.2, -0.15) is 5.10 Å². The van der Waals surface area contributed by atoms with Crippen LogP contribution in [0.4, 0.5) is 0 Å². The van der Waals surface area contributed by atoms with E-state index in [9.17, 15) is 5.11 Å². The second-order valence-corrected chi connectivity index (χ2v) is 3.79. The van der Waals surface area contributed by atoms with Crippen LogP contribution < -0.4 is 0 Å². The first-order chi connectivity index (χ1) is 7.61. The molecule has 1 N–H and O–H groups in total. The molecule has 0 spiro atoms. The third-order valence-corrected chi connectivity index (χ3v) is 2.47. The van der Waals surface area contributed by atoms with E-state index in [-0.39, 0.29) is 0 Å². The van der Waals surface area contributed by atoms with Gasteiger partial charge in [-0.15, -0.1) is 5.10 Å². The first-order valence-electron chi connectivity index (χ1n) is 5.22. The highest BCUT2D eigenvalue weighted by atomic mass is 16.3. The van der Waals surface area contributed by atoms with E-state index in [1.54, 1.807) is 15.6 Å². The fourth-order valence-electron chi connectivity index (χ4n) is 1.57. The maximum atomic E-state index is 9.63. The summed E-state index contributed by atoms with van der Waals surface area (Å²) in [5, 5.41) is 21.8. The van der Waals surface area contributed by atoms with Gasteiger partial charge in [0.1, 0.15) is 11.4 Å². The molecule has 0 aliphatic heterocycles. The van der Waals surface area contributed by atoms with Crippen molar-refractivity contribution < 1.29 is 5.11 Å². The smallest absolute Gasteiger partial charge is 0.112 e. The Balaban J connectivity index is 2.35. The molecular weight excluding hydrogens is 206 g/mol. The van der Waals surface area contributed by atoms with Crippen molar-refractivity contribution in [3.63, 3.8) is 0 Å². The van der Waals surface area contributed by atoms with Crippen molar-refractivity contribution in [2.45, 2.75) is 26.4 Å². The molecule has 2 aromatic heterocycles. The van der Waals surface area contributed by atoms with Gasteiger partial charge in [0, 0.05) is 7.05 Å². The minimum atomic E-state index is -0.550. The average Bonchev–Trinajstić information content (AvgIpc) is 2.83. The van der Waals surface area contributed by atoms with Crippen molar-refractivity contribution in [2.75, 3.05) is 0 Å². The minimum absolute atomic E-state index is 0.550. The molecule has 2 rings (SSSR count). The van der Waals surface area contributed by atoms with Gasteiger partial charge in [0.2, 0.25) is 0 Å². The van der Waals surface area contributed by atoms with Crippen molar-refractivity contribution in [1.29, 1.82) is 0 Å². The predicted octanol–water partition coefficient (Wildman–Crippen LogP) is 0.753. The fraction of sp³-hybridized carbons (Fsp3) is 0.500. The second kappa shape index (κ2) is 4.05. The number of hydrogen-bond acceptors (Lipinski definition) is 4. The number of aromatic nitrogens is 5. The minimum Gasteiger partial charge on any atom is -0.387 e. The predicted molar refractivity (Wildman–Crippen MR) is 58.1 cm³/mol. The topological polar surface area (TPSA) is 68.8 Å². The summed E-state index contributed by atoms with van der Waals surface area (Å²) < 4.78 is 3.36. The number of hydrogen-bond donors (Lipinski definition) is 1. The van der Waals surface area contributed by atoms with Crippen LogP contribution in [-0.4, -0.2) is 29.9 Å². The summed E-state index contributed by atoms with van der Waals surface area (Å²) in [6.07, 6.45) is 3.68. The van der Waals surface area contributed by atoms with E-state index < -0.39 is 6.10 Å². The molecule has 0 saturated carbocycles. The van der Waals surface area contributed by atoms with E-state index in [4.69, 9.17) is 0 Å². The van der Waals surface area contributed by atoms with Gasteiger partial charge in [0.05, 0.1) is 24.2 Å². The quantitative estimate of drug-likeness (QED) is 0.830. The molecule has 6 nitrogen and oxygen atoms in total. The molecule has 2 heterocycles. The first-order valence-corrected chi connectivity index (χ1v) is 5.22. The highest BCUT2D eigenvalue weighted by Crippen LogP contribution is 2.15. The van der Waals surface area contributed by atoms with Crippen LogP contribution in [0, 0.1) is 6.92 Å². The van der Waals surface area contributed by atoms with Gasteiger partial charge in [0.25, 0.3) is 0 Å². The summed E-state index contributed by atoms with van der Waals surface area (Å²) in [6.45, 7) is 3.81. The summed E-state index contributed by atoms with van der Waals surface area (Å²) in [7, 11) is 1.86.